The second-order valence-electron chi connectivity index (χ2n) is 8.35. The Hall–Kier alpha value is -1.35. The molecule has 2 aromatic rings. The summed E-state index contributed by atoms with van der Waals surface area (Å²) in [5.74, 6) is 0.223. The fourth-order valence-corrected chi connectivity index (χ4v) is 5.34. The Balaban J connectivity index is 0.00000210. The van der Waals surface area contributed by atoms with Gasteiger partial charge in [0.05, 0.1) is 5.60 Å². The molecule has 1 saturated carbocycles. The van der Waals surface area contributed by atoms with Crippen LogP contribution in [0, 0.1) is 5.92 Å². The van der Waals surface area contributed by atoms with E-state index in [-0.39, 0.29) is 23.9 Å². The quantitative estimate of drug-likeness (QED) is 0.754. The van der Waals surface area contributed by atoms with Gasteiger partial charge in [0.15, 0.2) is 0 Å². The molecule has 0 amide bonds. The highest BCUT2D eigenvalue weighted by molar-refractivity contribution is 5.85. The van der Waals surface area contributed by atoms with E-state index in [1.807, 2.05) is 18.2 Å². The number of aliphatic hydroxyl groups is 1. The molecule has 2 unspecified atom stereocenters. The monoisotopic (exact) mass is 385 g/mol. The van der Waals surface area contributed by atoms with E-state index in [4.69, 9.17) is 0 Å². The van der Waals surface area contributed by atoms with Crippen molar-refractivity contribution in [3.05, 3.63) is 71.8 Å². The van der Waals surface area contributed by atoms with Crippen LogP contribution in [0.5, 0.6) is 0 Å². The van der Waals surface area contributed by atoms with Crippen LogP contribution in [0.3, 0.4) is 0 Å². The molecule has 1 N–H and O–H groups in total. The molecule has 4 rings (SSSR count). The molecule has 0 bridgehead atoms. The van der Waals surface area contributed by atoms with E-state index >= 15 is 0 Å². The summed E-state index contributed by atoms with van der Waals surface area (Å²) in [5, 5.41) is 11.5. The van der Waals surface area contributed by atoms with Crippen molar-refractivity contribution in [1.29, 1.82) is 0 Å². The van der Waals surface area contributed by atoms with Crippen molar-refractivity contribution in [2.24, 2.45) is 5.92 Å². The van der Waals surface area contributed by atoms with Crippen molar-refractivity contribution in [3.63, 3.8) is 0 Å². The highest BCUT2D eigenvalue weighted by Crippen LogP contribution is 2.47. The maximum Gasteiger partial charge on any atom is 0.0946 e. The minimum absolute atomic E-state index is 0. The lowest BCUT2D eigenvalue weighted by Crippen LogP contribution is -2.57. The molecule has 3 heteroatoms. The van der Waals surface area contributed by atoms with Crippen LogP contribution in [0.4, 0.5) is 0 Å². The van der Waals surface area contributed by atoms with Crippen molar-refractivity contribution >= 4 is 12.4 Å². The van der Waals surface area contributed by atoms with Crippen molar-refractivity contribution < 1.29 is 5.11 Å². The third-order valence-corrected chi connectivity index (χ3v) is 6.94. The molecule has 0 spiro atoms. The second kappa shape index (κ2) is 8.34. The summed E-state index contributed by atoms with van der Waals surface area (Å²) in [6, 6.07) is 21.4. The van der Waals surface area contributed by atoms with Crippen LogP contribution in [-0.4, -0.2) is 23.1 Å². The normalized spacial score (nSPS) is 28.3. The van der Waals surface area contributed by atoms with Crippen molar-refractivity contribution in [2.45, 2.75) is 56.6 Å². The first-order valence-corrected chi connectivity index (χ1v) is 10.2. The van der Waals surface area contributed by atoms with E-state index in [1.165, 1.54) is 37.7 Å². The van der Waals surface area contributed by atoms with E-state index in [0.29, 0.717) is 0 Å². The molecule has 2 aromatic carbocycles. The summed E-state index contributed by atoms with van der Waals surface area (Å²) >= 11 is 0. The highest BCUT2D eigenvalue weighted by atomic mass is 35.5. The van der Waals surface area contributed by atoms with E-state index in [2.05, 4.69) is 54.3 Å². The topological polar surface area (TPSA) is 23.5 Å². The molecule has 1 aliphatic carbocycles. The van der Waals surface area contributed by atoms with Gasteiger partial charge in [0.2, 0.25) is 0 Å². The zero-order valence-electron chi connectivity index (χ0n) is 16.3. The lowest BCUT2D eigenvalue weighted by Gasteiger charge is -2.53. The second-order valence-corrected chi connectivity index (χ2v) is 8.35. The predicted molar refractivity (Wildman–Crippen MR) is 114 cm³/mol. The predicted octanol–water partition coefficient (Wildman–Crippen LogP) is 5.50. The molecular weight excluding hydrogens is 354 g/mol. The summed E-state index contributed by atoms with van der Waals surface area (Å²) in [6.45, 7) is 4.14. The zero-order valence-corrected chi connectivity index (χ0v) is 17.1. The Bertz CT molecular complexity index is 714. The van der Waals surface area contributed by atoms with Gasteiger partial charge in [0.25, 0.3) is 0 Å². The van der Waals surface area contributed by atoms with Crippen molar-refractivity contribution in [1.82, 2.24) is 4.90 Å². The molecule has 2 aliphatic rings. The van der Waals surface area contributed by atoms with Crippen LogP contribution in [0.1, 0.15) is 56.6 Å². The smallest absolute Gasteiger partial charge is 0.0946 e. The Kier molecular flexibility index (Phi) is 6.30. The van der Waals surface area contributed by atoms with E-state index < -0.39 is 5.60 Å². The van der Waals surface area contributed by atoms with Gasteiger partial charge in [-0.2, -0.15) is 0 Å². The van der Waals surface area contributed by atoms with Crippen LogP contribution in [0.15, 0.2) is 60.7 Å². The number of hydrogen-bond donors (Lipinski definition) is 1. The van der Waals surface area contributed by atoms with Crippen molar-refractivity contribution in [3.8, 4) is 0 Å². The van der Waals surface area contributed by atoms with Crippen LogP contribution >= 0.6 is 12.4 Å². The molecule has 0 radical (unpaired) electrons. The highest BCUT2D eigenvalue weighted by Gasteiger charge is 2.47. The number of benzene rings is 2. The number of hydrogen-bond acceptors (Lipinski definition) is 2. The first-order valence-electron chi connectivity index (χ1n) is 10.2. The Morgan fingerprint density at radius 3 is 1.93 bits per heavy atom. The molecule has 27 heavy (non-hydrogen) atoms. The fraction of sp³-hybridized carbons (Fsp3) is 0.500. The van der Waals surface area contributed by atoms with Crippen LogP contribution in [0.2, 0.25) is 0 Å². The molecule has 2 nitrogen and oxygen atoms in total. The molecule has 0 aromatic heterocycles. The Morgan fingerprint density at radius 2 is 1.37 bits per heavy atom. The third kappa shape index (κ3) is 3.68. The van der Waals surface area contributed by atoms with Crippen LogP contribution in [0.25, 0.3) is 0 Å². The van der Waals surface area contributed by atoms with Crippen LogP contribution < -0.4 is 0 Å². The fourth-order valence-electron chi connectivity index (χ4n) is 5.34. The number of likely N-dealkylation sites (tertiary alicyclic amines) is 1. The lowest BCUT2D eigenvalue weighted by molar-refractivity contribution is -0.104. The van der Waals surface area contributed by atoms with Gasteiger partial charge in [-0.25, -0.2) is 0 Å². The Labute approximate surface area is 170 Å². The van der Waals surface area contributed by atoms with E-state index in [1.54, 1.807) is 0 Å². The first kappa shape index (κ1) is 20.4. The number of piperidine rings is 1. The van der Waals surface area contributed by atoms with Gasteiger partial charge in [0, 0.05) is 24.5 Å². The maximum atomic E-state index is 11.5. The van der Waals surface area contributed by atoms with Crippen LogP contribution in [-0.2, 0) is 11.1 Å². The van der Waals surface area contributed by atoms with Gasteiger partial charge in [-0.05, 0) is 30.4 Å². The summed E-state index contributed by atoms with van der Waals surface area (Å²) in [7, 11) is 0. The average Bonchev–Trinajstić information content (AvgIpc) is 2.72. The van der Waals surface area contributed by atoms with Gasteiger partial charge < -0.3 is 5.11 Å². The summed E-state index contributed by atoms with van der Waals surface area (Å²) in [6.07, 6.45) is 7.27. The molecular formula is C24H32ClNO. The summed E-state index contributed by atoms with van der Waals surface area (Å²) < 4.78 is 0. The van der Waals surface area contributed by atoms with Gasteiger partial charge in [0.1, 0.15) is 0 Å². The minimum atomic E-state index is -0.704. The van der Waals surface area contributed by atoms with Gasteiger partial charge in [-0.1, -0.05) is 86.8 Å². The molecule has 2 fully saturated rings. The summed E-state index contributed by atoms with van der Waals surface area (Å²) in [5.41, 5.74) is 2.00. The van der Waals surface area contributed by atoms with Crippen molar-refractivity contribution in [2.75, 3.05) is 13.1 Å². The molecule has 2 atom stereocenters. The average molecular weight is 386 g/mol. The Morgan fingerprint density at radius 1 is 0.815 bits per heavy atom. The van der Waals surface area contributed by atoms with E-state index in [0.717, 1.165) is 25.1 Å². The minimum Gasteiger partial charge on any atom is -0.385 e. The molecule has 1 aliphatic heterocycles. The number of rotatable bonds is 3. The maximum absolute atomic E-state index is 11.5. The molecule has 146 valence electrons. The SMILES string of the molecule is CC1CN(C2(c3ccccc3)CCCCC2)CCC1(O)c1ccccc1.Cl. The van der Waals surface area contributed by atoms with Gasteiger partial charge >= 0.3 is 0 Å². The molecule has 1 heterocycles. The number of nitrogens with zero attached hydrogens (tertiary/aromatic N) is 1. The van der Waals surface area contributed by atoms with Gasteiger partial charge in [-0.3, -0.25) is 4.90 Å². The largest absolute Gasteiger partial charge is 0.385 e. The van der Waals surface area contributed by atoms with E-state index in [9.17, 15) is 5.11 Å². The zero-order chi connectivity index (χ0) is 18.0. The van der Waals surface area contributed by atoms with Gasteiger partial charge in [-0.15, -0.1) is 12.4 Å². The molecule has 1 saturated heterocycles. The summed E-state index contributed by atoms with van der Waals surface area (Å²) in [4.78, 5) is 2.70. The lowest BCUT2D eigenvalue weighted by atomic mass is 9.71. The third-order valence-electron chi connectivity index (χ3n) is 6.94. The number of halogens is 1. The standard InChI is InChI=1S/C24H31NO.ClH/c1-20-19-25(18-17-24(20,26)22-13-7-3-8-14-22)23(15-9-4-10-16-23)21-11-5-2-6-12-21;/h2-3,5-8,11-14,20,26H,4,9-10,15-19H2,1H3;1H. The first-order chi connectivity index (χ1) is 12.7.